The van der Waals surface area contributed by atoms with Crippen LogP contribution in [-0.4, -0.2) is 118 Å². The lowest BCUT2D eigenvalue weighted by molar-refractivity contribution is -0.296. The fourth-order valence-electron chi connectivity index (χ4n) is 8.44. The number of cyclic esters (lactones) is 1. The molecule has 15 heteroatoms. The molecule has 56 heavy (non-hydrogen) atoms. The fourth-order valence-corrected chi connectivity index (χ4v) is 8.44. The highest BCUT2D eigenvalue weighted by molar-refractivity contribution is 6.00. The molecule has 2 N–H and O–H groups in total. The highest BCUT2D eigenvalue weighted by Gasteiger charge is 2.57. The summed E-state index contributed by atoms with van der Waals surface area (Å²) in [5.41, 5.74) is -1.47. The van der Waals surface area contributed by atoms with E-state index in [1.165, 1.54) is 6.92 Å². The van der Waals surface area contributed by atoms with Crippen molar-refractivity contribution >= 4 is 23.6 Å². The number of ether oxygens (including phenoxy) is 5. The van der Waals surface area contributed by atoms with E-state index in [2.05, 4.69) is 27.3 Å². The van der Waals surface area contributed by atoms with E-state index in [1.807, 2.05) is 25.9 Å². The molecule has 2 aromatic heterocycles. The number of carbonyl (C=O) groups excluding carboxylic acids is 4. The maximum absolute atomic E-state index is 14.4. The Morgan fingerprint density at radius 2 is 1.73 bits per heavy atom. The maximum atomic E-state index is 14.4. The highest BCUT2D eigenvalue weighted by atomic mass is 16.7. The number of Topliss-reactive ketones (excluding diaryl/α,β-unsaturated/α-hetero) is 2. The van der Waals surface area contributed by atoms with E-state index in [1.54, 1.807) is 72.1 Å². The zero-order chi connectivity index (χ0) is 41.1. The van der Waals surface area contributed by atoms with E-state index in [-0.39, 0.29) is 43.1 Å². The van der Waals surface area contributed by atoms with Gasteiger partial charge in [0.1, 0.15) is 36.2 Å². The minimum Gasteiger partial charge on any atom is -0.458 e. The SMILES string of the molecule is CC[C@@H]1OC(=O)[C@H](C)C(=O)[C@H](C)[C@@H](O[C@@H]2O[C@H](C)C[C@H](N(C)C)[C@H]2O)[C@@](C)(OCC#Cc2cc(-c3ccncc3)no2)C[C@@H](C)C(=O)[C@@H](C)[C@H]2NC(=O)O[C@]12C. The van der Waals surface area contributed by atoms with E-state index in [9.17, 15) is 24.3 Å². The van der Waals surface area contributed by atoms with Crippen LogP contribution in [0.1, 0.15) is 80.4 Å². The summed E-state index contributed by atoms with van der Waals surface area (Å²) in [5, 5.41) is 18.4. The first kappa shape index (κ1) is 42.9. The number of hydrogen-bond donors (Lipinski definition) is 2. The Bertz CT molecular complexity index is 1790. The van der Waals surface area contributed by atoms with Gasteiger partial charge in [0.25, 0.3) is 0 Å². The number of pyridine rings is 1. The van der Waals surface area contributed by atoms with Gasteiger partial charge in [-0.3, -0.25) is 19.4 Å². The highest BCUT2D eigenvalue weighted by Crippen LogP contribution is 2.40. The molecule has 15 nitrogen and oxygen atoms in total. The number of carbonyl (C=O) groups is 4. The monoisotopic (exact) mass is 780 g/mol. The summed E-state index contributed by atoms with van der Waals surface area (Å²) in [6.45, 7) is 13.4. The van der Waals surface area contributed by atoms with Crippen LogP contribution in [0.2, 0.25) is 0 Å². The molecule has 0 saturated carbocycles. The second-order valence-corrected chi connectivity index (χ2v) is 16.1. The molecule has 3 fully saturated rings. The Kier molecular flexibility index (Phi) is 13.4. The fraction of sp³-hybridized carbons (Fsp3) is 0.659. The molecule has 3 saturated heterocycles. The first-order chi connectivity index (χ1) is 26.4. The van der Waals surface area contributed by atoms with E-state index in [0.717, 1.165) is 5.56 Å². The van der Waals surface area contributed by atoms with Crippen LogP contribution in [0.25, 0.3) is 11.3 Å². The number of hydrogen-bond acceptors (Lipinski definition) is 14. The Morgan fingerprint density at radius 3 is 2.39 bits per heavy atom. The third-order valence-corrected chi connectivity index (χ3v) is 11.6. The molecule has 5 rings (SSSR count). The number of rotatable bonds is 7. The van der Waals surface area contributed by atoms with Gasteiger partial charge in [0.15, 0.2) is 17.7 Å². The molecule has 0 spiro atoms. The second kappa shape index (κ2) is 17.5. The summed E-state index contributed by atoms with van der Waals surface area (Å²) in [6.07, 6.45) is -1.38. The van der Waals surface area contributed by atoms with Gasteiger partial charge >= 0.3 is 12.1 Å². The molecule has 0 radical (unpaired) electrons. The maximum Gasteiger partial charge on any atom is 0.408 e. The lowest BCUT2D eigenvalue weighted by Gasteiger charge is -2.47. The average Bonchev–Trinajstić information content (AvgIpc) is 3.77. The third-order valence-electron chi connectivity index (χ3n) is 11.6. The van der Waals surface area contributed by atoms with Gasteiger partial charge in [0.05, 0.1) is 23.9 Å². The molecule has 5 heterocycles. The molecule has 2 aromatic rings. The van der Waals surface area contributed by atoms with Crippen LogP contribution in [0.15, 0.2) is 35.1 Å². The Labute approximate surface area is 328 Å². The van der Waals surface area contributed by atoms with Crippen LogP contribution in [0.3, 0.4) is 0 Å². The molecule has 3 aliphatic rings. The molecular weight excluding hydrogens is 724 g/mol. The third kappa shape index (κ3) is 9.00. The van der Waals surface area contributed by atoms with Crippen molar-refractivity contribution in [3.63, 3.8) is 0 Å². The van der Waals surface area contributed by atoms with Gasteiger partial charge in [0.2, 0.25) is 5.76 Å². The van der Waals surface area contributed by atoms with Crippen molar-refractivity contribution in [2.24, 2.45) is 23.7 Å². The molecule has 0 unspecified atom stereocenters. The number of amides is 1. The number of aliphatic hydroxyl groups is 1. The van der Waals surface area contributed by atoms with E-state index >= 15 is 0 Å². The van der Waals surface area contributed by atoms with Gasteiger partial charge in [-0.25, -0.2) is 4.79 Å². The lowest BCUT2D eigenvalue weighted by atomic mass is 9.73. The number of aromatic nitrogens is 2. The van der Waals surface area contributed by atoms with Crippen molar-refractivity contribution in [1.82, 2.24) is 20.4 Å². The van der Waals surface area contributed by atoms with Gasteiger partial charge in [-0.15, -0.1) is 0 Å². The van der Waals surface area contributed by atoms with E-state index < -0.39 is 83.4 Å². The molecule has 306 valence electrons. The minimum absolute atomic E-state index is 0.0262. The first-order valence-electron chi connectivity index (χ1n) is 19.3. The Balaban J connectivity index is 1.55. The molecule has 0 aliphatic carbocycles. The number of esters is 1. The summed E-state index contributed by atoms with van der Waals surface area (Å²) < 4.78 is 36.6. The van der Waals surface area contributed by atoms with Crippen LogP contribution >= 0.6 is 0 Å². The zero-order valence-corrected chi connectivity index (χ0v) is 33.9. The van der Waals surface area contributed by atoms with Crippen molar-refractivity contribution in [3.05, 3.63) is 36.4 Å². The number of alkyl carbamates (subject to hydrolysis) is 1. The predicted molar refractivity (Wildman–Crippen MR) is 202 cm³/mol. The van der Waals surface area contributed by atoms with E-state index in [4.69, 9.17) is 28.2 Å². The van der Waals surface area contributed by atoms with Crippen LogP contribution in [0, 0.1) is 35.5 Å². The van der Waals surface area contributed by atoms with Crippen LogP contribution in [-0.2, 0) is 38.1 Å². The summed E-state index contributed by atoms with van der Waals surface area (Å²) in [7, 11) is 3.70. The minimum atomic E-state index is -1.45. The van der Waals surface area contributed by atoms with Crippen molar-refractivity contribution in [2.75, 3.05) is 20.7 Å². The van der Waals surface area contributed by atoms with Crippen molar-refractivity contribution < 1.29 is 52.5 Å². The quantitative estimate of drug-likeness (QED) is 0.234. The van der Waals surface area contributed by atoms with Gasteiger partial charge < -0.3 is 43.5 Å². The Hall–Kier alpha value is -4.20. The Morgan fingerprint density at radius 1 is 1.04 bits per heavy atom. The number of aliphatic hydroxyl groups excluding tert-OH is 1. The van der Waals surface area contributed by atoms with E-state index in [0.29, 0.717) is 12.1 Å². The van der Waals surface area contributed by atoms with Crippen LogP contribution < -0.4 is 5.32 Å². The molecule has 13 atom stereocenters. The standard InChI is InChI=1S/C41H56N4O11/c1-11-31-41(8)35(43-39(50)55-41)24(4)32(46)22(2)21-40(7,51-18-12-13-28-20-29(44-56-28)27-14-16-42-17-15-27)36(25(5)33(47)26(6)37(49)53-31)54-38-34(48)30(45(9)10)19-23(3)52-38/h14-17,20,22-26,30-31,34-36,38,48H,11,18-19,21H2,1-10H3,(H,43,50)/t22-,23-,24-,25+,26-,30+,31+,34-,35-,36-,38+,40+,41-/m1/s1. The van der Waals surface area contributed by atoms with Gasteiger partial charge in [-0.05, 0) is 79.1 Å². The predicted octanol–water partition coefficient (Wildman–Crippen LogP) is 3.95. The largest absolute Gasteiger partial charge is 0.458 e. The molecule has 1 amide bonds. The van der Waals surface area contributed by atoms with Crippen molar-refractivity contribution in [3.8, 4) is 23.1 Å². The summed E-state index contributed by atoms with van der Waals surface area (Å²) in [4.78, 5) is 61.2. The molecule has 0 bridgehead atoms. The molecule has 3 aliphatic heterocycles. The van der Waals surface area contributed by atoms with Crippen molar-refractivity contribution in [1.29, 1.82) is 0 Å². The number of likely N-dealkylation sites (N-methyl/N-ethyl adjacent to an activating group) is 1. The first-order valence-corrected chi connectivity index (χ1v) is 19.3. The summed E-state index contributed by atoms with van der Waals surface area (Å²) >= 11 is 0. The topological polar surface area (TPSA) is 189 Å². The van der Waals surface area contributed by atoms with Crippen LogP contribution in [0.5, 0.6) is 0 Å². The van der Waals surface area contributed by atoms with Crippen molar-refractivity contribution in [2.45, 2.75) is 129 Å². The normalized spacial score (nSPS) is 37.1. The molecular formula is C41H56N4O11. The zero-order valence-electron chi connectivity index (χ0n) is 33.9. The van der Waals surface area contributed by atoms with Crippen LogP contribution in [0.4, 0.5) is 4.79 Å². The lowest BCUT2D eigenvalue weighted by Crippen LogP contribution is -2.60. The van der Waals surface area contributed by atoms with Gasteiger partial charge in [-0.1, -0.05) is 38.8 Å². The molecule has 0 aromatic carbocycles. The number of fused-ring (bicyclic) bond motifs is 1. The number of ketones is 2. The number of nitrogens with zero attached hydrogens (tertiary/aromatic N) is 3. The summed E-state index contributed by atoms with van der Waals surface area (Å²) in [5.74, 6) is 0.793. The summed E-state index contributed by atoms with van der Waals surface area (Å²) in [6, 6.07) is 4.10. The average molecular weight is 781 g/mol. The second-order valence-electron chi connectivity index (χ2n) is 16.1. The van der Waals surface area contributed by atoms with Gasteiger partial charge in [-0.2, -0.15) is 0 Å². The smallest absolute Gasteiger partial charge is 0.408 e. The number of nitrogens with one attached hydrogen (secondary N) is 1. The van der Waals surface area contributed by atoms with Gasteiger partial charge in [0, 0.05) is 47.8 Å².